The van der Waals surface area contributed by atoms with Crippen LogP contribution in [0.15, 0.2) is 0 Å². The summed E-state index contributed by atoms with van der Waals surface area (Å²) in [5.41, 5.74) is 0. The number of hydrogen-bond donors (Lipinski definition) is 0. The molecule has 0 saturated carbocycles. The van der Waals surface area contributed by atoms with Crippen LogP contribution in [-0.2, 0) is 10.2 Å². The molecule has 0 aliphatic heterocycles. The Bertz CT molecular complexity index is 141. The molecule has 0 atom stereocenters. The molecular formula is C3H6ClFO2S. The third kappa shape index (κ3) is 6.17. The van der Waals surface area contributed by atoms with Crippen molar-refractivity contribution in [2.75, 3.05) is 11.6 Å². The van der Waals surface area contributed by atoms with Gasteiger partial charge in [0.2, 0.25) is 0 Å². The Morgan fingerprint density at radius 3 is 2.12 bits per heavy atom. The van der Waals surface area contributed by atoms with E-state index in [4.69, 9.17) is 11.6 Å². The maximum Gasteiger partial charge on any atom is 0.302 e. The molecule has 0 aliphatic rings. The summed E-state index contributed by atoms with van der Waals surface area (Å²) in [6.45, 7) is 0. The highest BCUT2D eigenvalue weighted by Gasteiger charge is 2.03. The van der Waals surface area contributed by atoms with Crippen LogP contribution < -0.4 is 0 Å². The number of hydrogen-bond acceptors (Lipinski definition) is 2. The monoisotopic (exact) mass is 160 g/mol. The first kappa shape index (κ1) is 8.17. The van der Waals surface area contributed by atoms with Crippen molar-refractivity contribution >= 4 is 21.8 Å². The number of rotatable bonds is 3. The zero-order valence-electron chi connectivity index (χ0n) is 4.10. The predicted molar refractivity (Wildman–Crippen MR) is 30.2 cm³/mol. The molecule has 0 heterocycles. The molecule has 0 saturated heterocycles. The molecule has 2 nitrogen and oxygen atoms in total. The van der Waals surface area contributed by atoms with Gasteiger partial charge in [-0.3, -0.25) is 0 Å². The summed E-state index contributed by atoms with van der Waals surface area (Å²) < 4.78 is 30.8. The van der Waals surface area contributed by atoms with Gasteiger partial charge in [0, 0.05) is 5.88 Å². The third-order valence-corrected chi connectivity index (χ3v) is 1.57. The fraction of sp³-hybridized carbons (Fsp3) is 1.00. The maximum absolute atomic E-state index is 11.5. The zero-order valence-corrected chi connectivity index (χ0v) is 5.67. The largest absolute Gasteiger partial charge is 0.302 e. The van der Waals surface area contributed by atoms with Gasteiger partial charge in [-0.05, 0) is 6.42 Å². The van der Waals surface area contributed by atoms with Crippen LogP contribution in [0.2, 0.25) is 0 Å². The van der Waals surface area contributed by atoms with E-state index in [1.54, 1.807) is 0 Å². The first-order valence-corrected chi connectivity index (χ1v) is 4.13. The molecule has 8 heavy (non-hydrogen) atoms. The molecule has 0 fully saturated rings. The van der Waals surface area contributed by atoms with Crippen LogP contribution in [0.1, 0.15) is 6.42 Å². The fourth-order valence-corrected chi connectivity index (χ4v) is 1.01. The number of alkyl halides is 1. The van der Waals surface area contributed by atoms with Crippen molar-refractivity contribution < 1.29 is 12.3 Å². The molecule has 0 aromatic heterocycles. The van der Waals surface area contributed by atoms with Crippen molar-refractivity contribution in [1.82, 2.24) is 0 Å². The maximum atomic E-state index is 11.5. The van der Waals surface area contributed by atoms with E-state index < -0.39 is 16.0 Å². The highest BCUT2D eigenvalue weighted by molar-refractivity contribution is 7.86. The summed E-state index contributed by atoms with van der Waals surface area (Å²) in [4.78, 5) is 0. The Hall–Kier alpha value is 0.170. The summed E-state index contributed by atoms with van der Waals surface area (Å²) >= 11 is 5.08. The quantitative estimate of drug-likeness (QED) is 0.455. The van der Waals surface area contributed by atoms with Crippen LogP contribution in [0.3, 0.4) is 0 Å². The van der Waals surface area contributed by atoms with E-state index in [-0.39, 0.29) is 12.3 Å². The van der Waals surface area contributed by atoms with Gasteiger partial charge in [-0.25, -0.2) is 0 Å². The van der Waals surface area contributed by atoms with Gasteiger partial charge in [-0.1, -0.05) is 0 Å². The van der Waals surface area contributed by atoms with E-state index in [1.807, 2.05) is 0 Å². The summed E-state index contributed by atoms with van der Waals surface area (Å²) in [6, 6.07) is 0. The lowest BCUT2D eigenvalue weighted by atomic mass is 10.6. The van der Waals surface area contributed by atoms with Gasteiger partial charge in [-0.2, -0.15) is 8.42 Å². The fourth-order valence-electron chi connectivity index (χ4n) is 0.227. The van der Waals surface area contributed by atoms with E-state index in [0.717, 1.165) is 0 Å². The molecule has 0 unspecified atom stereocenters. The minimum atomic E-state index is -4.27. The molecule has 0 aromatic carbocycles. The predicted octanol–water partition coefficient (Wildman–Crippen LogP) is 0.915. The first-order valence-electron chi connectivity index (χ1n) is 2.04. The zero-order chi connectivity index (χ0) is 6.62. The topological polar surface area (TPSA) is 34.1 Å². The highest BCUT2D eigenvalue weighted by atomic mass is 35.5. The Kier molecular flexibility index (Phi) is 3.31. The lowest BCUT2D eigenvalue weighted by Crippen LogP contribution is -1.97. The van der Waals surface area contributed by atoms with Crippen LogP contribution >= 0.6 is 11.6 Å². The van der Waals surface area contributed by atoms with Gasteiger partial charge in [0.25, 0.3) is 0 Å². The van der Waals surface area contributed by atoms with E-state index >= 15 is 0 Å². The van der Waals surface area contributed by atoms with Crippen LogP contribution in [0.4, 0.5) is 3.89 Å². The van der Waals surface area contributed by atoms with Crippen molar-refractivity contribution in [1.29, 1.82) is 0 Å². The Balaban J connectivity index is 3.42. The van der Waals surface area contributed by atoms with Crippen molar-refractivity contribution in [3.05, 3.63) is 0 Å². The van der Waals surface area contributed by atoms with Gasteiger partial charge < -0.3 is 0 Å². The van der Waals surface area contributed by atoms with E-state index in [2.05, 4.69) is 0 Å². The van der Waals surface area contributed by atoms with Crippen LogP contribution in [0.5, 0.6) is 0 Å². The second-order valence-corrected chi connectivity index (χ2v) is 3.15. The van der Waals surface area contributed by atoms with Crippen LogP contribution in [-0.4, -0.2) is 20.1 Å². The van der Waals surface area contributed by atoms with Crippen molar-refractivity contribution in [3.63, 3.8) is 0 Å². The summed E-state index contributed by atoms with van der Waals surface area (Å²) in [7, 11) is -4.27. The molecule has 50 valence electrons. The highest BCUT2D eigenvalue weighted by Crippen LogP contribution is 1.94. The molecule has 0 aliphatic carbocycles. The van der Waals surface area contributed by atoms with Crippen LogP contribution in [0.25, 0.3) is 0 Å². The van der Waals surface area contributed by atoms with Crippen LogP contribution in [0, 0.1) is 0 Å². The van der Waals surface area contributed by atoms with Crippen molar-refractivity contribution in [2.45, 2.75) is 6.42 Å². The molecule has 0 bridgehead atoms. The average molecular weight is 161 g/mol. The normalized spacial score (nSPS) is 11.8. The smallest absolute Gasteiger partial charge is 0.195 e. The molecule has 5 heteroatoms. The van der Waals surface area contributed by atoms with E-state index in [9.17, 15) is 12.3 Å². The second-order valence-electron chi connectivity index (χ2n) is 1.29. The Morgan fingerprint density at radius 2 is 2.00 bits per heavy atom. The molecule has 0 rings (SSSR count). The van der Waals surface area contributed by atoms with Crippen molar-refractivity contribution in [2.24, 2.45) is 0 Å². The molecular weight excluding hydrogens is 155 g/mol. The molecule has 0 spiro atoms. The molecule has 0 aromatic rings. The molecule has 0 radical (unpaired) electrons. The van der Waals surface area contributed by atoms with Gasteiger partial charge in [0.05, 0.1) is 5.75 Å². The minimum Gasteiger partial charge on any atom is -0.195 e. The lowest BCUT2D eigenvalue weighted by Gasteiger charge is -1.86. The third-order valence-electron chi connectivity index (χ3n) is 0.522. The van der Waals surface area contributed by atoms with Gasteiger partial charge in [0.1, 0.15) is 0 Å². The molecule has 0 amide bonds. The average Bonchev–Trinajstić information content (AvgIpc) is 1.59. The molecule has 0 N–H and O–H groups in total. The summed E-state index contributed by atoms with van der Waals surface area (Å²) in [5.74, 6) is -0.278. The standard InChI is InChI=1S/C3H6ClFO2S/c4-2-1-3-8(5,6)7/h1-3H2. The van der Waals surface area contributed by atoms with Gasteiger partial charge >= 0.3 is 10.2 Å². The summed E-state index contributed by atoms with van der Waals surface area (Å²) in [6.07, 6.45) is 0.181. The van der Waals surface area contributed by atoms with Gasteiger partial charge in [0.15, 0.2) is 0 Å². The second kappa shape index (κ2) is 3.25. The van der Waals surface area contributed by atoms with E-state index in [1.165, 1.54) is 0 Å². The van der Waals surface area contributed by atoms with Gasteiger partial charge in [-0.15, -0.1) is 15.5 Å². The Morgan fingerprint density at radius 1 is 1.50 bits per heavy atom. The Labute approximate surface area is 52.9 Å². The minimum absolute atomic E-state index is 0.181. The van der Waals surface area contributed by atoms with Crippen molar-refractivity contribution in [3.8, 4) is 0 Å². The summed E-state index contributed by atoms with van der Waals surface area (Å²) in [5, 5.41) is 0. The SMILES string of the molecule is O=S(=O)(F)CCCCl. The number of halogens is 2. The lowest BCUT2D eigenvalue weighted by molar-refractivity contribution is 0.551. The first-order chi connectivity index (χ1) is 3.56. The van der Waals surface area contributed by atoms with E-state index in [0.29, 0.717) is 0 Å².